The SMILES string of the molecule is COc1c(C)cc(Cl)cc1CC(=O)NCc1ccncc1. The first kappa shape index (κ1) is 15.3. The van der Waals surface area contributed by atoms with Gasteiger partial charge in [-0.25, -0.2) is 0 Å². The van der Waals surface area contributed by atoms with Gasteiger partial charge in [0.2, 0.25) is 5.91 Å². The highest BCUT2D eigenvalue weighted by molar-refractivity contribution is 6.30. The number of aromatic nitrogens is 1. The topological polar surface area (TPSA) is 51.2 Å². The molecule has 2 rings (SSSR count). The Labute approximate surface area is 129 Å². The number of aryl methyl sites for hydroxylation is 1. The molecule has 21 heavy (non-hydrogen) atoms. The molecule has 1 N–H and O–H groups in total. The molecule has 110 valence electrons. The van der Waals surface area contributed by atoms with Crippen LogP contribution in [-0.4, -0.2) is 18.0 Å². The van der Waals surface area contributed by atoms with Gasteiger partial charge < -0.3 is 10.1 Å². The third-order valence-electron chi connectivity index (χ3n) is 3.11. The Balaban J connectivity index is 2.03. The van der Waals surface area contributed by atoms with Crippen molar-refractivity contribution in [1.82, 2.24) is 10.3 Å². The molecular weight excluding hydrogens is 288 g/mol. The molecule has 0 unspecified atom stereocenters. The van der Waals surface area contributed by atoms with E-state index in [4.69, 9.17) is 16.3 Å². The molecule has 0 spiro atoms. The lowest BCUT2D eigenvalue weighted by molar-refractivity contribution is -0.120. The minimum Gasteiger partial charge on any atom is -0.496 e. The van der Waals surface area contributed by atoms with E-state index in [2.05, 4.69) is 10.3 Å². The van der Waals surface area contributed by atoms with Gasteiger partial charge in [0.1, 0.15) is 5.75 Å². The lowest BCUT2D eigenvalue weighted by atomic mass is 10.1. The van der Waals surface area contributed by atoms with E-state index in [9.17, 15) is 4.79 Å². The van der Waals surface area contributed by atoms with Crippen molar-refractivity contribution in [3.05, 3.63) is 58.4 Å². The summed E-state index contributed by atoms with van der Waals surface area (Å²) >= 11 is 6.04. The van der Waals surface area contributed by atoms with Crippen LogP contribution in [0.25, 0.3) is 0 Å². The summed E-state index contributed by atoms with van der Waals surface area (Å²) in [4.78, 5) is 16.0. The van der Waals surface area contributed by atoms with Crippen LogP contribution in [0.5, 0.6) is 5.75 Å². The highest BCUT2D eigenvalue weighted by Crippen LogP contribution is 2.27. The first-order chi connectivity index (χ1) is 10.1. The molecule has 0 fully saturated rings. The zero-order valence-electron chi connectivity index (χ0n) is 12.0. The third-order valence-corrected chi connectivity index (χ3v) is 3.33. The summed E-state index contributed by atoms with van der Waals surface area (Å²) in [5.41, 5.74) is 2.71. The van der Waals surface area contributed by atoms with Gasteiger partial charge in [0.25, 0.3) is 0 Å². The molecule has 0 aliphatic carbocycles. The predicted octanol–water partition coefficient (Wildman–Crippen LogP) is 2.91. The Morgan fingerprint density at radius 3 is 2.71 bits per heavy atom. The molecule has 1 heterocycles. The van der Waals surface area contributed by atoms with E-state index in [1.165, 1.54) is 0 Å². The van der Waals surface area contributed by atoms with Crippen molar-refractivity contribution >= 4 is 17.5 Å². The third kappa shape index (κ3) is 4.20. The van der Waals surface area contributed by atoms with E-state index in [-0.39, 0.29) is 12.3 Å². The van der Waals surface area contributed by atoms with E-state index in [0.29, 0.717) is 17.3 Å². The highest BCUT2D eigenvalue weighted by Gasteiger charge is 2.12. The van der Waals surface area contributed by atoms with Gasteiger partial charge in [-0.05, 0) is 42.3 Å². The number of amides is 1. The van der Waals surface area contributed by atoms with Crippen LogP contribution in [0.15, 0.2) is 36.7 Å². The molecule has 0 aliphatic rings. The summed E-state index contributed by atoms with van der Waals surface area (Å²) in [6, 6.07) is 7.31. The number of nitrogens with zero attached hydrogens (tertiary/aromatic N) is 1. The maximum absolute atomic E-state index is 12.1. The first-order valence-corrected chi connectivity index (χ1v) is 6.96. The average Bonchev–Trinajstić information content (AvgIpc) is 2.46. The van der Waals surface area contributed by atoms with E-state index in [0.717, 1.165) is 16.7 Å². The van der Waals surface area contributed by atoms with Crippen LogP contribution in [0, 0.1) is 6.92 Å². The van der Waals surface area contributed by atoms with Crippen molar-refractivity contribution in [3.63, 3.8) is 0 Å². The number of rotatable bonds is 5. The number of hydrogen-bond acceptors (Lipinski definition) is 3. The van der Waals surface area contributed by atoms with Gasteiger partial charge in [-0.1, -0.05) is 11.6 Å². The Hall–Kier alpha value is -2.07. The fourth-order valence-electron chi connectivity index (χ4n) is 2.16. The van der Waals surface area contributed by atoms with Crippen LogP contribution >= 0.6 is 11.6 Å². The summed E-state index contributed by atoms with van der Waals surface area (Å²) < 4.78 is 5.35. The lowest BCUT2D eigenvalue weighted by Crippen LogP contribution is -2.24. The molecule has 0 saturated carbocycles. The molecule has 0 atom stereocenters. The van der Waals surface area contributed by atoms with E-state index < -0.39 is 0 Å². The largest absolute Gasteiger partial charge is 0.496 e. The predicted molar refractivity (Wildman–Crippen MR) is 82.5 cm³/mol. The quantitative estimate of drug-likeness (QED) is 0.924. The number of benzene rings is 1. The summed E-state index contributed by atoms with van der Waals surface area (Å²) in [6.45, 7) is 2.38. The minimum absolute atomic E-state index is 0.0771. The van der Waals surface area contributed by atoms with Gasteiger partial charge in [0.15, 0.2) is 0 Å². The maximum Gasteiger partial charge on any atom is 0.224 e. The fraction of sp³-hybridized carbons (Fsp3) is 0.250. The van der Waals surface area contributed by atoms with Crippen molar-refractivity contribution in [3.8, 4) is 5.75 Å². The van der Waals surface area contributed by atoms with Crippen molar-refractivity contribution in [2.24, 2.45) is 0 Å². The van der Waals surface area contributed by atoms with Crippen molar-refractivity contribution in [1.29, 1.82) is 0 Å². The fourth-order valence-corrected chi connectivity index (χ4v) is 2.45. The number of halogens is 1. The van der Waals surface area contributed by atoms with Crippen molar-refractivity contribution in [2.45, 2.75) is 19.9 Å². The number of ether oxygens (including phenoxy) is 1. The maximum atomic E-state index is 12.1. The molecule has 1 amide bonds. The monoisotopic (exact) mass is 304 g/mol. The molecule has 5 heteroatoms. The summed E-state index contributed by atoms with van der Waals surface area (Å²) in [5, 5.41) is 3.47. The molecule has 0 radical (unpaired) electrons. The standard InChI is InChI=1S/C16H17ClN2O2/c1-11-7-14(17)8-13(16(11)21-2)9-15(20)19-10-12-3-5-18-6-4-12/h3-8H,9-10H2,1-2H3,(H,19,20). The van der Waals surface area contributed by atoms with Crippen LogP contribution in [0.4, 0.5) is 0 Å². The number of methoxy groups -OCH3 is 1. The number of hydrogen-bond donors (Lipinski definition) is 1. The molecular formula is C16H17ClN2O2. The first-order valence-electron chi connectivity index (χ1n) is 6.58. The molecule has 4 nitrogen and oxygen atoms in total. The van der Waals surface area contributed by atoms with Gasteiger partial charge in [0, 0.05) is 29.5 Å². The smallest absolute Gasteiger partial charge is 0.224 e. The van der Waals surface area contributed by atoms with Crippen molar-refractivity contribution < 1.29 is 9.53 Å². The number of pyridine rings is 1. The zero-order chi connectivity index (χ0) is 15.2. The van der Waals surface area contributed by atoms with Crippen LogP contribution in [0.1, 0.15) is 16.7 Å². The lowest BCUT2D eigenvalue weighted by Gasteiger charge is -2.12. The van der Waals surface area contributed by atoms with E-state index >= 15 is 0 Å². The van der Waals surface area contributed by atoms with Crippen LogP contribution in [0.3, 0.4) is 0 Å². The van der Waals surface area contributed by atoms with E-state index in [1.54, 1.807) is 25.6 Å². The van der Waals surface area contributed by atoms with Gasteiger partial charge in [-0.2, -0.15) is 0 Å². The summed E-state index contributed by atoms with van der Waals surface area (Å²) in [7, 11) is 1.59. The normalized spacial score (nSPS) is 10.2. The molecule has 1 aromatic carbocycles. The Morgan fingerprint density at radius 1 is 1.33 bits per heavy atom. The van der Waals surface area contributed by atoms with Crippen LogP contribution in [-0.2, 0) is 17.8 Å². The van der Waals surface area contributed by atoms with Crippen LogP contribution < -0.4 is 10.1 Å². The van der Waals surface area contributed by atoms with Gasteiger partial charge in [0.05, 0.1) is 13.5 Å². The van der Waals surface area contributed by atoms with Crippen LogP contribution in [0.2, 0.25) is 5.02 Å². The second-order valence-electron chi connectivity index (χ2n) is 4.72. The molecule has 0 saturated heterocycles. The Bertz CT molecular complexity index is 630. The van der Waals surface area contributed by atoms with Gasteiger partial charge in [-0.15, -0.1) is 0 Å². The summed E-state index contributed by atoms with van der Waals surface area (Å²) in [5.74, 6) is 0.630. The number of carbonyl (C=O) groups excluding carboxylic acids is 1. The molecule has 1 aromatic heterocycles. The summed E-state index contributed by atoms with van der Waals surface area (Å²) in [6.07, 6.45) is 3.63. The molecule has 2 aromatic rings. The van der Waals surface area contributed by atoms with E-state index in [1.807, 2.05) is 25.1 Å². The van der Waals surface area contributed by atoms with Gasteiger partial charge in [-0.3, -0.25) is 9.78 Å². The van der Waals surface area contributed by atoms with Crippen molar-refractivity contribution in [2.75, 3.05) is 7.11 Å². The molecule has 0 aliphatic heterocycles. The van der Waals surface area contributed by atoms with Gasteiger partial charge >= 0.3 is 0 Å². The second kappa shape index (κ2) is 7.09. The zero-order valence-corrected chi connectivity index (χ0v) is 12.8. The Morgan fingerprint density at radius 2 is 2.05 bits per heavy atom. The number of nitrogens with one attached hydrogen (secondary N) is 1. The minimum atomic E-state index is -0.0771. The number of carbonyl (C=O) groups is 1. The average molecular weight is 305 g/mol. The Kier molecular flexibility index (Phi) is 5.17. The highest BCUT2D eigenvalue weighted by atomic mass is 35.5. The second-order valence-corrected chi connectivity index (χ2v) is 5.16. The molecule has 0 bridgehead atoms.